The number of amides is 1. The van der Waals surface area contributed by atoms with Gasteiger partial charge < -0.3 is 19.3 Å². The van der Waals surface area contributed by atoms with Crippen molar-refractivity contribution in [3.63, 3.8) is 0 Å². The Bertz CT molecular complexity index is 1360. The average molecular weight is 509 g/mol. The minimum Gasteiger partial charge on any atom is -0.481 e. The molecule has 1 aliphatic heterocycles. The zero-order valence-corrected chi connectivity index (χ0v) is 20.5. The van der Waals surface area contributed by atoms with E-state index in [0.717, 1.165) is 39.6 Å². The maximum absolute atomic E-state index is 11.5. The van der Waals surface area contributed by atoms with Crippen molar-refractivity contribution < 1.29 is 19.5 Å². The Morgan fingerprint density at radius 3 is 2.64 bits per heavy atom. The van der Waals surface area contributed by atoms with Crippen molar-refractivity contribution in [2.45, 2.75) is 6.54 Å². The lowest BCUT2D eigenvalue weighted by Gasteiger charge is -2.28. The third-order valence-corrected chi connectivity index (χ3v) is 6.69. The molecule has 1 fully saturated rings. The van der Waals surface area contributed by atoms with Crippen LogP contribution in [0.4, 0.5) is 11.8 Å². The minimum absolute atomic E-state index is 0.169. The molecule has 12 nitrogen and oxygen atoms in total. The number of fused-ring (bicyclic) bond motifs is 1. The Morgan fingerprint density at radius 2 is 1.97 bits per heavy atom. The number of rotatable bonds is 7. The van der Waals surface area contributed by atoms with Crippen LogP contribution in [0.1, 0.15) is 15.2 Å². The van der Waals surface area contributed by atoms with E-state index in [4.69, 9.17) is 24.6 Å². The molecule has 5 heterocycles. The first-order chi connectivity index (χ1) is 17.6. The van der Waals surface area contributed by atoms with Crippen LogP contribution in [-0.4, -0.2) is 76.5 Å². The molecule has 36 heavy (non-hydrogen) atoms. The molecule has 0 spiro atoms. The molecule has 1 aliphatic rings. The van der Waals surface area contributed by atoms with Gasteiger partial charge >= 0.3 is 0 Å². The van der Waals surface area contributed by atoms with Crippen LogP contribution in [0.2, 0.25) is 0 Å². The number of carbonyl (C=O) groups excluding carboxylic acids is 1. The van der Waals surface area contributed by atoms with Crippen LogP contribution in [0.5, 0.6) is 5.88 Å². The second-order valence-electron chi connectivity index (χ2n) is 8.06. The monoisotopic (exact) mass is 508 g/mol. The number of hydroxylamine groups is 1. The number of hydrogen-bond acceptors (Lipinski definition) is 12. The van der Waals surface area contributed by atoms with Crippen LogP contribution in [0.3, 0.4) is 0 Å². The van der Waals surface area contributed by atoms with Gasteiger partial charge in [-0.15, -0.1) is 11.3 Å². The van der Waals surface area contributed by atoms with Crippen LogP contribution in [0.25, 0.3) is 21.6 Å². The normalized spacial score (nSPS) is 13.6. The largest absolute Gasteiger partial charge is 0.481 e. The molecule has 1 amide bonds. The zero-order valence-electron chi connectivity index (χ0n) is 19.7. The van der Waals surface area contributed by atoms with Gasteiger partial charge in [-0.05, 0) is 12.1 Å². The molecule has 0 saturated carbocycles. The van der Waals surface area contributed by atoms with Crippen molar-refractivity contribution in [3.8, 4) is 17.3 Å². The number of nitrogens with one attached hydrogen (secondary N) is 1. The highest BCUT2D eigenvalue weighted by Gasteiger charge is 2.21. The lowest BCUT2D eigenvalue weighted by molar-refractivity contribution is 0.0705. The summed E-state index contributed by atoms with van der Waals surface area (Å²) in [4.78, 5) is 40.1. The molecule has 5 rings (SSSR count). The first-order valence-corrected chi connectivity index (χ1v) is 12.0. The van der Waals surface area contributed by atoms with Gasteiger partial charge in [0.25, 0.3) is 5.91 Å². The van der Waals surface area contributed by atoms with E-state index in [1.165, 1.54) is 12.4 Å². The maximum atomic E-state index is 11.5. The number of nitrogens with zero attached hydrogens (tertiary/aromatic N) is 7. The quantitative estimate of drug-likeness (QED) is 0.280. The predicted octanol–water partition coefficient (Wildman–Crippen LogP) is 2.14. The van der Waals surface area contributed by atoms with Crippen LogP contribution >= 0.6 is 11.3 Å². The molecule has 0 unspecified atom stereocenters. The maximum Gasteiger partial charge on any atom is 0.277 e. The van der Waals surface area contributed by atoms with Gasteiger partial charge in [-0.25, -0.2) is 30.4 Å². The number of methoxy groups -OCH3 is 1. The van der Waals surface area contributed by atoms with E-state index in [1.54, 1.807) is 36.2 Å². The van der Waals surface area contributed by atoms with Crippen molar-refractivity contribution in [1.29, 1.82) is 0 Å². The molecule has 13 heteroatoms. The van der Waals surface area contributed by atoms with Crippen LogP contribution < -0.4 is 20.0 Å². The lowest BCUT2D eigenvalue weighted by Crippen LogP contribution is -2.37. The summed E-state index contributed by atoms with van der Waals surface area (Å²) in [6.07, 6.45) is 4.45. The first kappa shape index (κ1) is 23.8. The summed E-state index contributed by atoms with van der Waals surface area (Å²) in [5.41, 5.74) is 2.55. The van der Waals surface area contributed by atoms with Gasteiger partial charge in [0.15, 0.2) is 5.82 Å². The molecule has 186 valence electrons. The van der Waals surface area contributed by atoms with E-state index in [2.05, 4.69) is 25.9 Å². The summed E-state index contributed by atoms with van der Waals surface area (Å²) >= 11 is 1.58. The molecule has 1 saturated heterocycles. The van der Waals surface area contributed by atoms with Gasteiger partial charge in [-0.2, -0.15) is 0 Å². The third kappa shape index (κ3) is 4.89. The van der Waals surface area contributed by atoms with Crippen molar-refractivity contribution in [1.82, 2.24) is 30.4 Å². The van der Waals surface area contributed by atoms with Crippen molar-refractivity contribution >= 4 is 39.2 Å². The van der Waals surface area contributed by atoms with Crippen molar-refractivity contribution in [2.75, 3.05) is 50.3 Å². The molecule has 0 aromatic carbocycles. The number of morpholine rings is 1. The zero-order chi connectivity index (χ0) is 25.1. The summed E-state index contributed by atoms with van der Waals surface area (Å²) in [6.45, 7) is 3.32. The van der Waals surface area contributed by atoms with Gasteiger partial charge in [-0.3, -0.25) is 10.0 Å². The standard InChI is InChI=1S/C23H24N8O4S/c1-30(23-25-11-15(12-26-23)21(32)29-33)13-16-9-17-20(31-5-7-35-8-6-31)27-19(28-22(17)36-16)14-3-4-18(34-2)24-10-14/h3-4,9-12,33H,5-8,13H2,1-2H3,(H,29,32). The topological polar surface area (TPSA) is 139 Å². The Morgan fingerprint density at radius 1 is 1.19 bits per heavy atom. The van der Waals surface area contributed by atoms with Crippen LogP contribution in [0.15, 0.2) is 36.8 Å². The van der Waals surface area contributed by atoms with E-state index in [1.807, 2.05) is 18.0 Å². The average Bonchev–Trinajstić information content (AvgIpc) is 3.35. The summed E-state index contributed by atoms with van der Waals surface area (Å²) in [5.74, 6) is 1.79. The van der Waals surface area contributed by atoms with Gasteiger partial charge in [0.05, 0.1) is 37.8 Å². The fourth-order valence-electron chi connectivity index (χ4n) is 3.82. The summed E-state index contributed by atoms with van der Waals surface area (Å²) in [6, 6.07) is 5.79. The molecule has 0 atom stereocenters. The van der Waals surface area contributed by atoms with Crippen molar-refractivity contribution in [2.24, 2.45) is 0 Å². The third-order valence-electron chi connectivity index (χ3n) is 5.67. The van der Waals surface area contributed by atoms with E-state index in [-0.39, 0.29) is 5.56 Å². The van der Waals surface area contributed by atoms with E-state index >= 15 is 0 Å². The van der Waals surface area contributed by atoms with Gasteiger partial charge in [0.1, 0.15) is 10.6 Å². The number of thiophene rings is 1. The fraction of sp³-hybridized carbons (Fsp3) is 0.304. The predicted molar refractivity (Wildman–Crippen MR) is 134 cm³/mol. The second kappa shape index (κ2) is 10.4. The lowest BCUT2D eigenvalue weighted by atomic mass is 10.2. The SMILES string of the molecule is COc1ccc(-c2nc(N3CCOCC3)c3cc(CN(C)c4ncc(C(=O)NO)cn4)sc3n2)cn1. The Balaban J connectivity index is 1.47. The molecular formula is C23H24N8O4S. The highest BCUT2D eigenvalue weighted by molar-refractivity contribution is 7.18. The van der Waals surface area contributed by atoms with E-state index < -0.39 is 5.91 Å². The summed E-state index contributed by atoms with van der Waals surface area (Å²) in [7, 11) is 3.45. The first-order valence-electron chi connectivity index (χ1n) is 11.2. The molecule has 2 N–H and O–H groups in total. The molecular weight excluding hydrogens is 484 g/mol. The fourth-order valence-corrected chi connectivity index (χ4v) is 4.89. The number of hydrogen-bond donors (Lipinski definition) is 2. The number of pyridine rings is 1. The number of carbonyl (C=O) groups is 1. The Kier molecular flexibility index (Phi) is 6.84. The number of anilines is 2. The van der Waals surface area contributed by atoms with Crippen LogP contribution in [-0.2, 0) is 11.3 Å². The highest BCUT2D eigenvalue weighted by atomic mass is 32.1. The van der Waals surface area contributed by atoms with E-state index in [9.17, 15) is 4.79 Å². The minimum atomic E-state index is -0.661. The van der Waals surface area contributed by atoms with Gasteiger partial charge in [0, 0.05) is 55.2 Å². The number of aromatic nitrogens is 5. The van der Waals surface area contributed by atoms with Crippen molar-refractivity contribution in [3.05, 3.63) is 47.2 Å². The van der Waals surface area contributed by atoms with Gasteiger partial charge in [0.2, 0.25) is 11.8 Å². The smallest absolute Gasteiger partial charge is 0.277 e. The number of ether oxygens (including phenoxy) is 2. The highest BCUT2D eigenvalue weighted by Crippen LogP contribution is 2.34. The molecule has 0 aliphatic carbocycles. The molecule has 4 aromatic rings. The Labute approximate surface area is 210 Å². The molecule has 0 bridgehead atoms. The second-order valence-corrected chi connectivity index (χ2v) is 9.17. The summed E-state index contributed by atoms with van der Waals surface area (Å²) in [5, 5.41) is 9.75. The van der Waals surface area contributed by atoms with Crippen LogP contribution in [0, 0.1) is 0 Å². The van der Waals surface area contributed by atoms with Gasteiger partial charge in [-0.1, -0.05) is 0 Å². The Hall–Kier alpha value is -3.94. The summed E-state index contributed by atoms with van der Waals surface area (Å²) < 4.78 is 10.7. The van der Waals surface area contributed by atoms with E-state index in [0.29, 0.717) is 37.4 Å². The molecule has 0 radical (unpaired) electrons. The molecule has 4 aromatic heterocycles.